The molecule has 3 N–H and O–H groups in total. The molecule has 1 aromatic carbocycles. The minimum absolute atomic E-state index is 0.129. The summed E-state index contributed by atoms with van der Waals surface area (Å²) in [5.41, 5.74) is 6.80. The molecule has 1 rings (SSSR count). The first kappa shape index (κ1) is 9.45. The van der Waals surface area contributed by atoms with E-state index in [2.05, 4.69) is 0 Å². The molecule has 0 heterocycles. The molecule has 2 nitrogen and oxygen atoms in total. The van der Waals surface area contributed by atoms with E-state index in [-0.39, 0.29) is 5.69 Å². The molecule has 0 aromatic heterocycles. The first-order valence-corrected chi connectivity index (χ1v) is 3.91. The summed E-state index contributed by atoms with van der Waals surface area (Å²) in [7, 11) is 0. The van der Waals surface area contributed by atoms with Gasteiger partial charge in [-0.1, -0.05) is 12.1 Å². The Balaban J connectivity index is 3.17. The number of hydrogen-bond donors (Lipinski definition) is 2. The smallest absolute Gasteiger partial charge is 0.146 e. The third-order valence-electron chi connectivity index (χ3n) is 1.80. The zero-order valence-electron chi connectivity index (χ0n) is 7.34. The molecule has 0 aliphatic carbocycles. The predicted molar refractivity (Wildman–Crippen MR) is 53.2 cm³/mol. The van der Waals surface area contributed by atoms with Crippen molar-refractivity contribution in [1.29, 1.82) is 5.41 Å². The van der Waals surface area contributed by atoms with Crippen molar-refractivity contribution in [2.75, 3.05) is 5.73 Å². The van der Waals surface area contributed by atoms with Crippen LogP contribution in [-0.2, 0) is 0 Å². The number of hydrogen-bond acceptors (Lipinski definition) is 2. The normalized spacial score (nSPS) is 11.4. The maximum Gasteiger partial charge on any atom is 0.146 e. The molecule has 0 unspecified atom stereocenters. The lowest BCUT2D eigenvalue weighted by Crippen LogP contribution is -1.92. The van der Waals surface area contributed by atoms with Crippen molar-refractivity contribution in [1.82, 2.24) is 0 Å². The largest absolute Gasteiger partial charge is 0.396 e. The Bertz CT molecular complexity index is 356. The standard InChI is InChI=1S/C10H11FN2/c1-2-7(6-12)8-3-4-10(13)9(11)5-8/h2-6,12H,13H2,1H3/b7-2+,12-6?. The summed E-state index contributed by atoms with van der Waals surface area (Å²) in [6, 6.07) is 4.52. The third kappa shape index (κ3) is 1.93. The van der Waals surface area contributed by atoms with Crippen LogP contribution in [0.5, 0.6) is 0 Å². The van der Waals surface area contributed by atoms with Gasteiger partial charge in [0.15, 0.2) is 0 Å². The van der Waals surface area contributed by atoms with Crippen LogP contribution in [0.15, 0.2) is 24.3 Å². The third-order valence-corrected chi connectivity index (χ3v) is 1.80. The van der Waals surface area contributed by atoms with Gasteiger partial charge < -0.3 is 11.1 Å². The van der Waals surface area contributed by atoms with Crippen LogP contribution in [0, 0.1) is 11.2 Å². The summed E-state index contributed by atoms with van der Waals surface area (Å²) in [6.07, 6.45) is 2.93. The van der Waals surface area contributed by atoms with E-state index in [4.69, 9.17) is 11.1 Å². The number of benzene rings is 1. The lowest BCUT2D eigenvalue weighted by Gasteiger charge is -2.02. The number of rotatable bonds is 2. The highest BCUT2D eigenvalue weighted by atomic mass is 19.1. The Morgan fingerprint density at radius 3 is 2.69 bits per heavy atom. The maximum absolute atomic E-state index is 13.0. The summed E-state index contributed by atoms with van der Waals surface area (Å²) in [5.74, 6) is -0.446. The van der Waals surface area contributed by atoms with Crippen LogP contribution in [0.2, 0.25) is 0 Å². The second kappa shape index (κ2) is 3.85. The van der Waals surface area contributed by atoms with Crippen LogP contribution in [0.3, 0.4) is 0 Å². The minimum Gasteiger partial charge on any atom is -0.396 e. The van der Waals surface area contributed by atoms with Gasteiger partial charge in [0, 0.05) is 6.21 Å². The van der Waals surface area contributed by atoms with Crippen LogP contribution in [0.4, 0.5) is 10.1 Å². The highest BCUT2D eigenvalue weighted by Gasteiger charge is 2.01. The monoisotopic (exact) mass is 178 g/mol. The lowest BCUT2D eigenvalue weighted by atomic mass is 10.1. The van der Waals surface area contributed by atoms with Gasteiger partial charge in [0.1, 0.15) is 5.82 Å². The number of nitrogens with one attached hydrogen (secondary N) is 1. The van der Waals surface area contributed by atoms with Gasteiger partial charge in [-0.2, -0.15) is 0 Å². The van der Waals surface area contributed by atoms with Gasteiger partial charge in [0.2, 0.25) is 0 Å². The summed E-state index contributed by atoms with van der Waals surface area (Å²) in [6.45, 7) is 1.80. The molecule has 0 radical (unpaired) electrons. The summed E-state index contributed by atoms with van der Waals surface area (Å²) < 4.78 is 13.0. The van der Waals surface area contributed by atoms with Gasteiger partial charge in [0.25, 0.3) is 0 Å². The molecule has 0 aliphatic rings. The van der Waals surface area contributed by atoms with Crippen LogP contribution in [-0.4, -0.2) is 6.21 Å². The Labute approximate surface area is 76.4 Å². The molecule has 1 aromatic rings. The van der Waals surface area contributed by atoms with Gasteiger partial charge in [-0.25, -0.2) is 4.39 Å². The molecule has 3 heteroatoms. The van der Waals surface area contributed by atoms with Gasteiger partial charge >= 0.3 is 0 Å². The van der Waals surface area contributed by atoms with Crippen molar-refractivity contribution < 1.29 is 4.39 Å². The van der Waals surface area contributed by atoms with Crippen molar-refractivity contribution in [3.63, 3.8) is 0 Å². The molecule has 0 amide bonds. The van der Waals surface area contributed by atoms with E-state index in [9.17, 15) is 4.39 Å². The zero-order valence-corrected chi connectivity index (χ0v) is 7.34. The van der Waals surface area contributed by atoms with E-state index < -0.39 is 5.82 Å². The molecule has 0 fully saturated rings. The number of allylic oxidation sites excluding steroid dienone is 2. The molecule has 0 atom stereocenters. The fourth-order valence-electron chi connectivity index (χ4n) is 1.04. The first-order valence-electron chi connectivity index (χ1n) is 3.91. The van der Waals surface area contributed by atoms with E-state index in [0.29, 0.717) is 11.1 Å². The predicted octanol–water partition coefficient (Wildman–Crippen LogP) is 2.46. The Morgan fingerprint density at radius 1 is 1.54 bits per heavy atom. The number of halogens is 1. The van der Waals surface area contributed by atoms with Crippen LogP contribution in [0.1, 0.15) is 12.5 Å². The Morgan fingerprint density at radius 2 is 2.23 bits per heavy atom. The van der Waals surface area contributed by atoms with E-state index in [0.717, 1.165) is 0 Å². The number of nitrogens with two attached hydrogens (primary N) is 1. The summed E-state index contributed by atoms with van der Waals surface area (Å²) in [4.78, 5) is 0. The van der Waals surface area contributed by atoms with Crippen molar-refractivity contribution in [3.05, 3.63) is 35.7 Å². The molecule has 0 saturated heterocycles. The van der Waals surface area contributed by atoms with E-state index >= 15 is 0 Å². The summed E-state index contributed by atoms with van der Waals surface area (Å²) >= 11 is 0. The fraction of sp³-hybridized carbons (Fsp3) is 0.100. The van der Waals surface area contributed by atoms with Crippen LogP contribution < -0.4 is 5.73 Å². The minimum atomic E-state index is -0.446. The topological polar surface area (TPSA) is 49.9 Å². The van der Waals surface area contributed by atoms with Gasteiger partial charge in [0.05, 0.1) is 5.69 Å². The van der Waals surface area contributed by atoms with Gasteiger partial charge in [-0.3, -0.25) is 0 Å². The highest BCUT2D eigenvalue weighted by Crippen LogP contribution is 2.17. The Kier molecular flexibility index (Phi) is 2.80. The second-order valence-electron chi connectivity index (χ2n) is 2.62. The fourth-order valence-corrected chi connectivity index (χ4v) is 1.04. The molecular formula is C10H11FN2. The van der Waals surface area contributed by atoms with E-state index in [1.54, 1.807) is 19.1 Å². The SMILES string of the molecule is C/C=C(\C=N)c1ccc(N)c(F)c1. The number of anilines is 1. The molecule has 0 spiro atoms. The quantitative estimate of drug-likeness (QED) is 0.530. The van der Waals surface area contributed by atoms with Gasteiger partial charge in [-0.05, 0) is 30.2 Å². The molecule has 68 valence electrons. The van der Waals surface area contributed by atoms with E-state index in [1.807, 2.05) is 0 Å². The Hall–Kier alpha value is -1.64. The molecule has 0 saturated carbocycles. The van der Waals surface area contributed by atoms with E-state index in [1.165, 1.54) is 18.3 Å². The lowest BCUT2D eigenvalue weighted by molar-refractivity contribution is 0.632. The summed E-state index contributed by atoms with van der Waals surface area (Å²) in [5, 5.41) is 7.07. The molecule has 13 heavy (non-hydrogen) atoms. The van der Waals surface area contributed by atoms with Crippen molar-refractivity contribution in [3.8, 4) is 0 Å². The number of nitrogen functional groups attached to an aromatic ring is 1. The van der Waals surface area contributed by atoms with Crippen molar-refractivity contribution >= 4 is 17.5 Å². The van der Waals surface area contributed by atoms with Crippen LogP contribution >= 0.6 is 0 Å². The molecular weight excluding hydrogens is 167 g/mol. The second-order valence-corrected chi connectivity index (χ2v) is 2.62. The average Bonchev–Trinajstić information content (AvgIpc) is 2.13. The van der Waals surface area contributed by atoms with Crippen molar-refractivity contribution in [2.24, 2.45) is 0 Å². The highest BCUT2D eigenvalue weighted by molar-refractivity contribution is 6.08. The molecule has 0 bridgehead atoms. The van der Waals surface area contributed by atoms with Gasteiger partial charge in [-0.15, -0.1) is 0 Å². The zero-order chi connectivity index (χ0) is 9.84. The first-order chi connectivity index (χ1) is 6.19. The van der Waals surface area contributed by atoms with Crippen molar-refractivity contribution in [2.45, 2.75) is 6.92 Å². The molecule has 0 aliphatic heterocycles. The van der Waals surface area contributed by atoms with Crippen LogP contribution in [0.25, 0.3) is 5.57 Å². The maximum atomic E-state index is 13.0. The average molecular weight is 178 g/mol.